The second-order valence-corrected chi connectivity index (χ2v) is 16.2. The largest absolute Gasteiger partial charge is 0.309 e. The van der Waals surface area contributed by atoms with Gasteiger partial charge in [0.25, 0.3) is 0 Å². The molecule has 12 rings (SSSR count). The smallest absolute Gasteiger partial charge is 0.160 e. The first-order valence-electron chi connectivity index (χ1n) is 20.2. The van der Waals surface area contributed by atoms with Crippen molar-refractivity contribution in [1.82, 2.24) is 19.5 Å². The molecule has 0 fully saturated rings. The summed E-state index contributed by atoms with van der Waals surface area (Å²) in [4.78, 5) is 15.8. The molecule has 0 spiro atoms. The maximum atomic E-state index is 5.46. The first-order valence-corrected chi connectivity index (χ1v) is 21.0. The second kappa shape index (κ2) is 14.0. The average molecular weight is 783 g/mol. The number of thiophene rings is 1. The van der Waals surface area contributed by atoms with Crippen LogP contribution in [0.3, 0.4) is 0 Å². The molecule has 0 saturated heterocycles. The molecule has 12 aromatic rings. The molecular weight excluding hydrogens is 749 g/mol. The lowest BCUT2D eigenvalue weighted by Gasteiger charge is -2.13. The molecular formula is C55H34N4S. The van der Waals surface area contributed by atoms with E-state index in [1.54, 1.807) is 0 Å². The van der Waals surface area contributed by atoms with Crippen LogP contribution in [-0.2, 0) is 0 Å². The van der Waals surface area contributed by atoms with E-state index in [0.29, 0.717) is 5.82 Å². The molecule has 4 aromatic heterocycles. The number of para-hydroxylation sites is 3. The van der Waals surface area contributed by atoms with Crippen LogP contribution in [0.15, 0.2) is 206 Å². The first kappa shape index (κ1) is 34.3. The molecule has 8 aromatic carbocycles. The van der Waals surface area contributed by atoms with Crippen LogP contribution in [0.4, 0.5) is 0 Å². The predicted molar refractivity (Wildman–Crippen MR) is 252 cm³/mol. The summed E-state index contributed by atoms with van der Waals surface area (Å²) in [6.45, 7) is 0. The molecule has 0 atom stereocenters. The average Bonchev–Trinajstić information content (AvgIpc) is 3.88. The first-order chi connectivity index (χ1) is 29.7. The molecule has 4 nitrogen and oxygen atoms in total. The van der Waals surface area contributed by atoms with Crippen LogP contribution in [0.5, 0.6) is 0 Å². The summed E-state index contributed by atoms with van der Waals surface area (Å²) in [5, 5.41) is 6.20. The molecule has 0 unspecified atom stereocenters. The van der Waals surface area contributed by atoms with Crippen molar-refractivity contribution in [2.75, 3.05) is 0 Å². The van der Waals surface area contributed by atoms with Gasteiger partial charge in [0, 0.05) is 65.1 Å². The zero-order valence-electron chi connectivity index (χ0n) is 32.3. The SMILES string of the molecule is c1ccc(-c2nc(-c3ccc(-c4cccc5c4nc(-c4ccccc4)c4sc6ccccc6c45)cc3)cc(-c3ccc(-n4c5ccccc5c5ccccc54)cc3)n2)cc1. The van der Waals surface area contributed by atoms with Gasteiger partial charge in [0.1, 0.15) is 0 Å². The Balaban J connectivity index is 0.964. The van der Waals surface area contributed by atoms with E-state index in [0.717, 1.165) is 61.7 Å². The van der Waals surface area contributed by atoms with Gasteiger partial charge in [-0.3, -0.25) is 0 Å². The van der Waals surface area contributed by atoms with Gasteiger partial charge in [-0.2, -0.15) is 0 Å². The van der Waals surface area contributed by atoms with Gasteiger partial charge < -0.3 is 4.57 Å². The summed E-state index contributed by atoms with van der Waals surface area (Å²) in [5.41, 5.74) is 13.6. The summed E-state index contributed by atoms with van der Waals surface area (Å²) < 4.78 is 4.83. The highest BCUT2D eigenvalue weighted by Gasteiger charge is 2.19. The summed E-state index contributed by atoms with van der Waals surface area (Å²) in [6, 6.07) is 72.9. The Morgan fingerprint density at radius 3 is 1.58 bits per heavy atom. The Hall–Kier alpha value is -7.73. The Morgan fingerprint density at radius 2 is 0.917 bits per heavy atom. The number of pyridine rings is 1. The molecule has 4 heterocycles. The highest BCUT2D eigenvalue weighted by atomic mass is 32.1. The lowest BCUT2D eigenvalue weighted by atomic mass is 9.96. The highest BCUT2D eigenvalue weighted by molar-refractivity contribution is 7.26. The van der Waals surface area contributed by atoms with E-state index in [1.807, 2.05) is 29.5 Å². The fourth-order valence-electron chi connectivity index (χ4n) is 8.79. The van der Waals surface area contributed by atoms with Crippen LogP contribution in [0.1, 0.15) is 0 Å². The number of fused-ring (bicyclic) bond motifs is 8. The Morgan fingerprint density at radius 1 is 0.383 bits per heavy atom. The maximum Gasteiger partial charge on any atom is 0.160 e. The van der Waals surface area contributed by atoms with Gasteiger partial charge in [-0.05, 0) is 42.0 Å². The van der Waals surface area contributed by atoms with Crippen molar-refractivity contribution in [2.45, 2.75) is 0 Å². The van der Waals surface area contributed by atoms with Crippen molar-refractivity contribution >= 4 is 64.2 Å². The van der Waals surface area contributed by atoms with Crippen LogP contribution in [0, 0.1) is 0 Å². The summed E-state index contributed by atoms with van der Waals surface area (Å²) >= 11 is 1.82. The molecule has 0 N–H and O–H groups in total. The van der Waals surface area contributed by atoms with E-state index in [9.17, 15) is 0 Å². The number of aromatic nitrogens is 4. The predicted octanol–water partition coefficient (Wildman–Crippen LogP) is 14.8. The quantitative estimate of drug-likeness (QED) is 0.169. The van der Waals surface area contributed by atoms with E-state index in [-0.39, 0.29) is 0 Å². The minimum atomic E-state index is 0.692. The van der Waals surface area contributed by atoms with Crippen LogP contribution in [-0.4, -0.2) is 19.5 Å². The molecule has 0 aliphatic rings. The van der Waals surface area contributed by atoms with Crippen molar-refractivity contribution in [1.29, 1.82) is 0 Å². The standard InChI is InChI=1S/C55H34N4S/c1-3-14-38(15-4-1)52-54-51(44-20-9-12-25-50(44)60-54)45-22-13-21-41(53(45)58-52)35-26-28-36(29-27-35)46-34-47(57-55(56-46)39-16-5-2-6-17-39)37-30-32-40(33-31-37)59-48-23-10-7-18-42(48)43-19-8-11-24-49(43)59/h1-34H. The van der Waals surface area contributed by atoms with Crippen molar-refractivity contribution in [2.24, 2.45) is 0 Å². The molecule has 280 valence electrons. The fourth-order valence-corrected chi connectivity index (χ4v) is 10.0. The second-order valence-electron chi connectivity index (χ2n) is 15.2. The van der Waals surface area contributed by atoms with E-state index < -0.39 is 0 Å². The number of hydrogen-bond acceptors (Lipinski definition) is 4. The Labute approximate surface area is 350 Å². The van der Waals surface area contributed by atoms with Crippen LogP contribution in [0.2, 0.25) is 0 Å². The number of hydrogen-bond donors (Lipinski definition) is 0. The van der Waals surface area contributed by atoms with Crippen molar-refractivity contribution in [3.05, 3.63) is 206 Å². The molecule has 0 aliphatic heterocycles. The van der Waals surface area contributed by atoms with Crippen LogP contribution in [0.25, 0.3) is 115 Å². The number of benzene rings is 8. The molecule has 0 amide bonds. The van der Waals surface area contributed by atoms with Crippen LogP contribution < -0.4 is 0 Å². The van der Waals surface area contributed by atoms with Gasteiger partial charge >= 0.3 is 0 Å². The van der Waals surface area contributed by atoms with Gasteiger partial charge in [0.15, 0.2) is 5.82 Å². The molecule has 60 heavy (non-hydrogen) atoms. The maximum absolute atomic E-state index is 5.46. The normalized spacial score (nSPS) is 11.7. The number of nitrogens with zero attached hydrogens (tertiary/aromatic N) is 4. The summed E-state index contributed by atoms with van der Waals surface area (Å²) in [5.74, 6) is 0.692. The van der Waals surface area contributed by atoms with Gasteiger partial charge in [-0.1, -0.05) is 170 Å². The van der Waals surface area contributed by atoms with E-state index >= 15 is 0 Å². The third-order valence-corrected chi connectivity index (χ3v) is 12.8. The number of rotatable bonds is 6. The minimum absolute atomic E-state index is 0.692. The molecule has 0 bridgehead atoms. The monoisotopic (exact) mass is 782 g/mol. The molecule has 0 saturated carbocycles. The van der Waals surface area contributed by atoms with E-state index in [4.69, 9.17) is 15.0 Å². The molecule has 0 radical (unpaired) electrons. The minimum Gasteiger partial charge on any atom is -0.309 e. The summed E-state index contributed by atoms with van der Waals surface area (Å²) in [7, 11) is 0. The highest BCUT2D eigenvalue weighted by Crippen LogP contribution is 2.44. The van der Waals surface area contributed by atoms with E-state index in [2.05, 4.69) is 193 Å². The van der Waals surface area contributed by atoms with Crippen LogP contribution >= 0.6 is 11.3 Å². The Bertz CT molecular complexity index is 3520. The zero-order valence-corrected chi connectivity index (χ0v) is 33.1. The van der Waals surface area contributed by atoms with Crippen molar-refractivity contribution in [3.8, 4) is 62.0 Å². The molecule has 5 heteroatoms. The van der Waals surface area contributed by atoms with Gasteiger partial charge in [-0.15, -0.1) is 11.3 Å². The lowest BCUT2D eigenvalue weighted by Crippen LogP contribution is -1.97. The fraction of sp³-hybridized carbons (Fsp3) is 0. The van der Waals surface area contributed by atoms with Gasteiger partial charge in [-0.25, -0.2) is 15.0 Å². The van der Waals surface area contributed by atoms with Crippen molar-refractivity contribution in [3.63, 3.8) is 0 Å². The molecule has 0 aliphatic carbocycles. The third kappa shape index (κ3) is 5.63. The van der Waals surface area contributed by atoms with Gasteiger partial charge in [0.05, 0.1) is 38.3 Å². The zero-order chi connectivity index (χ0) is 39.6. The lowest BCUT2D eigenvalue weighted by molar-refractivity contribution is 1.17. The van der Waals surface area contributed by atoms with Gasteiger partial charge in [0.2, 0.25) is 0 Å². The topological polar surface area (TPSA) is 43.6 Å². The summed E-state index contributed by atoms with van der Waals surface area (Å²) in [6.07, 6.45) is 0. The third-order valence-electron chi connectivity index (χ3n) is 11.6. The Kier molecular flexibility index (Phi) is 8.00. The van der Waals surface area contributed by atoms with Crippen molar-refractivity contribution < 1.29 is 0 Å². The van der Waals surface area contributed by atoms with E-state index in [1.165, 1.54) is 47.4 Å².